The predicted octanol–water partition coefficient (Wildman–Crippen LogP) is 5.76. The molecule has 1 saturated heterocycles. The van der Waals surface area contributed by atoms with Crippen LogP contribution in [0.15, 0.2) is 48.1 Å². The van der Waals surface area contributed by atoms with Crippen molar-refractivity contribution in [3.05, 3.63) is 53.6 Å². The van der Waals surface area contributed by atoms with Crippen LogP contribution in [0.4, 0.5) is 5.69 Å². The van der Waals surface area contributed by atoms with Gasteiger partial charge in [0.25, 0.3) is 0 Å². The Hall–Kier alpha value is -1.87. The van der Waals surface area contributed by atoms with Crippen LogP contribution in [0.2, 0.25) is 0 Å². The number of benzene rings is 1. The van der Waals surface area contributed by atoms with Crippen LogP contribution in [0.5, 0.6) is 0 Å². The van der Waals surface area contributed by atoms with Crippen molar-refractivity contribution in [3.8, 4) is 0 Å². The molecule has 1 aliphatic carbocycles. The first-order valence-corrected chi connectivity index (χ1v) is 11.0. The third-order valence-electron chi connectivity index (χ3n) is 6.21. The van der Waals surface area contributed by atoms with Crippen LogP contribution < -0.4 is 5.32 Å². The molecule has 1 unspecified atom stereocenters. The van der Waals surface area contributed by atoms with Gasteiger partial charge in [0.15, 0.2) is 0 Å². The summed E-state index contributed by atoms with van der Waals surface area (Å²) in [7, 11) is 0. The van der Waals surface area contributed by atoms with Gasteiger partial charge in [0.2, 0.25) is 5.91 Å². The van der Waals surface area contributed by atoms with E-state index in [1.165, 1.54) is 62.9 Å². The second kappa shape index (κ2) is 10.1. The number of hydrogen-bond donors (Lipinski definition) is 1. The molecule has 152 valence electrons. The lowest BCUT2D eigenvalue weighted by Crippen LogP contribution is -2.34. The molecule has 3 heteroatoms. The molecule has 1 N–H and O–H groups in total. The molecule has 0 spiro atoms. The first-order chi connectivity index (χ1) is 13.5. The number of anilines is 1. The molecule has 1 aromatic carbocycles. The van der Waals surface area contributed by atoms with E-state index in [1.54, 1.807) is 0 Å². The molecule has 0 aromatic heterocycles. The van der Waals surface area contributed by atoms with E-state index in [0.29, 0.717) is 11.8 Å². The Labute approximate surface area is 170 Å². The molecular formula is C25H36N2O. The van der Waals surface area contributed by atoms with Gasteiger partial charge >= 0.3 is 0 Å². The van der Waals surface area contributed by atoms with Crippen molar-refractivity contribution in [2.75, 3.05) is 25.0 Å². The van der Waals surface area contributed by atoms with Crippen molar-refractivity contribution in [2.45, 2.75) is 58.8 Å². The van der Waals surface area contributed by atoms with Crippen LogP contribution in [0.3, 0.4) is 0 Å². The lowest BCUT2D eigenvalue weighted by molar-refractivity contribution is -0.118. The third-order valence-corrected chi connectivity index (χ3v) is 6.21. The number of piperidine rings is 1. The van der Waals surface area contributed by atoms with Gasteiger partial charge in [0.1, 0.15) is 0 Å². The molecule has 3 rings (SSSR count). The largest absolute Gasteiger partial charge is 0.326 e. The topological polar surface area (TPSA) is 32.3 Å². The number of hydrogen-bond acceptors (Lipinski definition) is 2. The first kappa shape index (κ1) is 20.9. The SMILES string of the molecule is CC(C)C(=O)Nc1cccc(C2CCN(CCC(C)C3=CCCC=C3)CC2)c1. The van der Waals surface area contributed by atoms with E-state index in [-0.39, 0.29) is 11.8 Å². The maximum atomic E-state index is 12.0. The minimum absolute atomic E-state index is 0.00847. The zero-order valence-corrected chi connectivity index (χ0v) is 17.8. The number of nitrogens with one attached hydrogen (secondary N) is 1. The maximum absolute atomic E-state index is 12.0. The van der Waals surface area contributed by atoms with Crippen LogP contribution in [0.1, 0.15) is 64.4 Å². The second-order valence-corrected chi connectivity index (χ2v) is 8.76. The maximum Gasteiger partial charge on any atom is 0.226 e. The summed E-state index contributed by atoms with van der Waals surface area (Å²) in [5.41, 5.74) is 3.83. The highest BCUT2D eigenvalue weighted by molar-refractivity contribution is 5.92. The van der Waals surface area contributed by atoms with Crippen molar-refractivity contribution < 1.29 is 4.79 Å². The van der Waals surface area contributed by atoms with Gasteiger partial charge in [-0.1, -0.05) is 51.1 Å². The molecule has 1 aliphatic heterocycles. The molecule has 3 nitrogen and oxygen atoms in total. The number of rotatable bonds is 7. The molecule has 0 bridgehead atoms. The second-order valence-electron chi connectivity index (χ2n) is 8.76. The fourth-order valence-corrected chi connectivity index (χ4v) is 4.19. The highest BCUT2D eigenvalue weighted by Crippen LogP contribution is 2.30. The summed E-state index contributed by atoms with van der Waals surface area (Å²) in [4.78, 5) is 14.6. The summed E-state index contributed by atoms with van der Waals surface area (Å²) in [5, 5.41) is 3.03. The summed E-state index contributed by atoms with van der Waals surface area (Å²) >= 11 is 0. The van der Waals surface area contributed by atoms with Crippen LogP contribution >= 0.6 is 0 Å². The average molecular weight is 381 g/mol. The lowest BCUT2D eigenvalue weighted by atomic mass is 9.88. The molecule has 0 saturated carbocycles. The molecule has 1 fully saturated rings. The first-order valence-electron chi connectivity index (χ1n) is 11.0. The van der Waals surface area contributed by atoms with Crippen molar-refractivity contribution in [1.82, 2.24) is 4.90 Å². The van der Waals surface area contributed by atoms with Gasteiger partial charge in [-0.15, -0.1) is 0 Å². The highest BCUT2D eigenvalue weighted by Gasteiger charge is 2.21. The van der Waals surface area contributed by atoms with Gasteiger partial charge in [-0.25, -0.2) is 0 Å². The summed E-state index contributed by atoms with van der Waals surface area (Å²) in [6.07, 6.45) is 13.1. The van der Waals surface area contributed by atoms with E-state index in [9.17, 15) is 4.79 Å². The summed E-state index contributed by atoms with van der Waals surface area (Å²) in [6, 6.07) is 8.46. The normalized spacial score (nSPS) is 19.5. The quantitative estimate of drug-likeness (QED) is 0.652. The fraction of sp³-hybridized carbons (Fsp3) is 0.560. The average Bonchev–Trinajstić information content (AvgIpc) is 2.73. The van der Waals surface area contributed by atoms with Crippen molar-refractivity contribution in [3.63, 3.8) is 0 Å². The zero-order chi connectivity index (χ0) is 19.9. The molecular weight excluding hydrogens is 344 g/mol. The van der Waals surface area contributed by atoms with Crippen LogP contribution in [-0.4, -0.2) is 30.4 Å². The van der Waals surface area contributed by atoms with Gasteiger partial charge in [0, 0.05) is 11.6 Å². The Morgan fingerprint density at radius 1 is 1.18 bits per heavy atom. The van der Waals surface area contributed by atoms with Gasteiger partial charge in [-0.2, -0.15) is 0 Å². The van der Waals surface area contributed by atoms with E-state index in [2.05, 4.69) is 53.6 Å². The fourth-order valence-electron chi connectivity index (χ4n) is 4.19. The number of amides is 1. The van der Waals surface area contributed by atoms with E-state index in [1.807, 2.05) is 19.9 Å². The Bertz CT molecular complexity index is 711. The summed E-state index contributed by atoms with van der Waals surface area (Å²) in [5.74, 6) is 1.36. The summed E-state index contributed by atoms with van der Waals surface area (Å²) < 4.78 is 0. The standard InChI is InChI=1S/C25H36N2O/c1-19(2)25(28)26-24-11-7-10-23(18-24)22-13-16-27(17-14-22)15-12-20(3)21-8-5-4-6-9-21/h5,7-11,18-20,22H,4,6,12-17H2,1-3H3,(H,26,28). The van der Waals surface area contributed by atoms with Gasteiger partial charge in [-0.3, -0.25) is 4.79 Å². The van der Waals surface area contributed by atoms with Crippen LogP contribution in [-0.2, 0) is 4.79 Å². The minimum Gasteiger partial charge on any atom is -0.326 e. The van der Waals surface area contributed by atoms with Gasteiger partial charge < -0.3 is 10.2 Å². The molecule has 1 amide bonds. The molecule has 2 aliphatic rings. The number of carbonyl (C=O) groups excluding carboxylic acids is 1. The number of nitrogens with zero attached hydrogens (tertiary/aromatic N) is 1. The molecule has 1 aromatic rings. The Morgan fingerprint density at radius 3 is 2.64 bits per heavy atom. The van der Waals surface area contributed by atoms with Gasteiger partial charge in [-0.05, 0) is 86.8 Å². The highest BCUT2D eigenvalue weighted by atomic mass is 16.1. The van der Waals surface area contributed by atoms with Crippen molar-refractivity contribution >= 4 is 11.6 Å². The van der Waals surface area contributed by atoms with Crippen molar-refractivity contribution in [2.24, 2.45) is 11.8 Å². The molecule has 0 radical (unpaired) electrons. The molecule has 1 atom stereocenters. The van der Waals surface area contributed by atoms with E-state index >= 15 is 0 Å². The smallest absolute Gasteiger partial charge is 0.226 e. The van der Waals surface area contributed by atoms with E-state index in [4.69, 9.17) is 0 Å². The Kier molecular flexibility index (Phi) is 7.50. The zero-order valence-electron chi connectivity index (χ0n) is 17.8. The number of allylic oxidation sites excluding steroid dienone is 4. The molecule has 1 heterocycles. The van der Waals surface area contributed by atoms with Gasteiger partial charge in [0.05, 0.1) is 0 Å². The van der Waals surface area contributed by atoms with Crippen molar-refractivity contribution in [1.29, 1.82) is 0 Å². The van der Waals surface area contributed by atoms with Crippen LogP contribution in [0.25, 0.3) is 0 Å². The minimum atomic E-state index is 0.00847. The predicted molar refractivity (Wildman–Crippen MR) is 119 cm³/mol. The van der Waals surface area contributed by atoms with E-state index in [0.717, 1.165) is 5.69 Å². The Balaban J connectivity index is 1.46. The Morgan fingerprint density at radius 2 is 1.96 bits per heavy atom. The third kappa shape index (κ3) is 5.81. The van der Waals surface area contributed by atoms with Crippen LogP contribution in [0, 0.1) is 11.8 Å². The lowest BCUT2D eigenvalue weighted by Gasteiger charge is -2.33. The van der Waals surface area contributed by atoms with E-state index < -0.39 is 0 Å². The number of carbonyl (C=O) groups is 1. The summed E-state index contributed by atoms with van der Waals surface area (Å²) in [6.45, 7) is 9.77. The monoisotopic (exact) mass is 380 g/mol. The molecule has 28 heavy (non-hydrogen) atoms. The number of likely N-dealkylation sites (tertiary alicyclic amines) is 1.